The molecular weight excluding hydrogens is 452 g/mol. The smallest absolute Gasteiger partial charge is 0.276 e. The summed E-state index contributed by atoms with van der Waals surface area (Å²) in [5, 5.41) is 12.8. The number of rotatable bonds is 2. The van der Waals surface area contributed by atoms with Crippen molar-refractivity contribution in [2.75, 3.05) is 25.1 Å². The Hall–Kier alpha value is -3.31. The van der Waals surface area contributed by atoms with Crippen LogP contribution in [0.25, 0.3) is 0 Å². The number of nitrogens with zero attached hydrogens (tertiary/aromatic N) is 2. The second-order valence-corrected chi connectivity index (χ2v) is 8.93. The van der Waals surface area contributed by atoms with E-state index in [0.29, 0.717) is 25.9 Å². The van der Waals surface area contributed by atoms with E-state index >= 15 is 0 Å². The van der Waals surface area contributed by atoms with Crippen LogP contribution in [0.2, 0.25) is 0 Å². The molecule has 1 aromatic heterocycles. The zero-order chi connectivity index (χ0) is 24.2. The predicted molar refractivity (Wildman–Crippen MR) is 115 cm³/mol. The summed E-state index contributed by atoms with van der Waals surface area (Å²) in [5.74, 6) is -4.28. The van der Waals surface area contributed by atoms with Gasteiger partial charge in [-0.25, -0.2) is 8.78 Å². The third-order valence-corrected chi connectivity index (χ3v) is 7.14. The number of ether oxygens (including phenoxy) is 2. The molecule has 5 rings (SSSR count). The molecule has 2 aromatic rings. The van der Waals surface area contributed by atoms with Crippen molar-refractivity contribution in [3.05, 3.63) is 57.5 Å². The Balaban J connectivity index is 1.48. The van der Waals surface area contributed by atoms with Crippen molar-refractivity contribution < 1.29 is 33.0 Å². The van der Waals surface area contributed by atoms with Crippen molar-refractivity contribution in [3.8, 4) is 5.75 Å². The molecule has 2 fully saturated rings. The van der Waals surface area contributed by atoms with E-state index in [0.717, 1.165) is 31.2 Å². The summed E-state index contributed by atoms with van der Waals surface area (Å²) in [6.07, 6.45) is 1.96. The number of benzene rings is 1. The SMILES string of the molecule is C[C@H]1N2C(=O)c3c(O)c(=O)c(C(=O)Nc4ccc(F)cc4F)cn3C[C@@H]2OCC12CCOCC2. The second-order valence-electron chi connectivity index (χ2n) is 8.93. The fourth-order valence-corrected chi connectivity index (χ4v) is 5.05. The van der Waals surface area contributed by atoms with Gasteiger partial charge in [0, 0.05) is 36.9 Å². The molecule has 1 aromatic carbocycles. The highest BCUT2D eigenvalue weighted by atomic mass is 19.1. The average molecular weight is 475 g/mol. The summed E-state index contributed by atoms with van der Waals surface area (Å²) in [6.45, 7) is 3.59. The van der Waals surface area contributed by atoms with Crippen molar-refractivity contribution in [1.82, 2.24) is 9.47 Å². The molecule has 180 valence electrons. The van der Waals surface area contributed by atoms with E-state index < -0.39 is 46.4 Å². The normalized spacial score (nSPS) is 23.4. The van der Waals surface area contributed by atoms with Gasteiger partial charge in [-0.3, -0.25) is 14.4 Å². The van der Waals surface area contributed by atoms with Crippen LogP contribution in [0.1, 0.15) is 40.6 Å². The molecule has 0 radical (unpaired) electrons. The first-order chi connectivity index (χ1) is 16.2. The van der Waals surface area contributed by atoms with Gasteiger partial charge in [0.25, 0.3) is 11.8 Å². The number of hydrogen-bond donors (Lipinski definition) is 2. The number of carbonyl (C=O) groups is 2. The number of nitrogens with one attached hydrogen (secondary N) is 1. The molecule has 1 spiro atoms. The van der Waals surface area contributed by atoms with Gasteiger partial charge < -0.3 is 29.4 Å². The molecule has 2 amide bonds. The number of anilines is 1. The molecule has 0 bridgehead atoms. The van der Waals surface area contributed by atoms with Crippen molar-refractivity contribution in [1.29, 1.82) is 0 Å². The van der Waals surface area contributed by atoms with Gasteiger partial charge in [-0.1, -0.05) is 0 Å². The predicted octanol–water partition coefficient (Wildman–Crippen LogP) is 2.08. The summed E-state index contributed by atoms with van der Waals surface area (Å²) in [4.78, 5) is 40.5. The van der Waals surface area contributed by atoms with Gasteiger partial charge in [-0.2, -0.15) is 0 Å². The number of amides is 2. The third-order valence-electron chi connectivity index (χ3n) is 7.14. The van der Waals surface area contributed by atoms with Crippen molar-refractivity contribution >= 4 is 17.5 Å². The Kier molecular flexibility index (Phi) is 5.40. The van der Waals surface area contributed by atoms with Gasteiger partial charge in [-0.15, -0.1) is 0 Å². The highest BCUT2D eigenvalue weighted by Crippen LogP contribution is 2.43. The Morgan fingerprint density at radius 1 is 1.24 bits per heavy atom. The number of hydrogen-bond acceptors (Lipinski definition) is 6. The second kappa shape index (κ2) is 8.17. The monoisotopic (exact) mass is 475 g/mol. The lowest BCUT2D eigenvalue weighted by Crippen LogP contribution is -2.64. The molecule has 0 saturated carbocycles. The molecule has 3 aliphatic rings. The number of aromatic nitrogens is 1. The molecular formula is C23H23F2N3O6. The minimum atomic E-state index is -1.07. The van der Waals surface area contributed by atoms with Crippen molar-refractivity contribution in [3.63, 3.8) is 0 Å². The summed E-state index contributed by atoms with van der Waals surface area (Å²) < 4.78 is 39.9. The number of fused-ring (bicyclic) bond motifs is 2. The molecule has 2 atom stereocenters. The van der Waals surface area contributed by atoms with Crippen LogP contribution < -0.4 is 10.7 Å². The van der Waals surface area contributed by atoms with E-state index in [9.17, 15) is 28.3 Å². The Labute approximate surface area is 192 Å². The Bertz CT molecular complexity index is 1240. The lowest BCUT2D eigenvalue weighted by molar-refractivity contribution is -0.193. The maximum atomic E-state index is 13.9. The Morgan fingerprint density at radius 2 is 1.97 bits per heavy atom. The number of aromatic hydroxyl groups is 1. The summed E-state index contributed by atoms with van der Waals surface area (Å²) in [5.41, 5.74) is -2.39. The number of pyridine rings is 1. The molecule has 11 heteroatoms. The molecule has 0 aliphatic carbocycles. The molecule has 0 unspecified atom stereocenters. The van der Waals surface area contributed by atoms with E-state index in [1.54, 1.807) is 4.90 Å². The standard InChI is InChI=1S/C23H23F2N3O6/c1-12-23(4-6-33-7-5-23)11-34-17-10-27-9-14(19(29)20(30)18(27)22(32)28(12)17)21(31)26-16-3-2-13(24)8-15(16)25/h2-3,8-9,12,17,30H,4-7,10-11H2,1H3,(H,26,31)/t12-,17+/m1/s1. The van der Waals surface area contributed by atoms with Crippen LogP contribution in [-0.2, 0) is 16.0 Å². The molecule has 3 aliphatic heterocycles. The van der Waals surface area contributed by atoms with Gasteiger partial charge >= 0.3 is 0 Å². The summed E-state index contributed by atoms with van der Waals surface area (Å²) in [7, 11) is 0. The van der Waals surface area contributed by atoms with Gasteiger partial charge in [0.05, 0.1) is 18.8 Å². The fourth-order valence-electron chi connectivity index (χ4n) is 5.05. The van der Waals surface area contributed by atoms with Crippen molar-refractivity contribution in [2.45, 2.75) is 38.6 Å². The average Bonchev–Trinajstić information content (AvgIpc) is 2.81. The fraction of sp³-hybridized carbons (Fsp3) is 0.435. The van der Waals surface area contributed by atoms with E-state index in [2.05, 4.69) is 5.32 Å². The van der Waals surface area contributed by atoms with Gasteiger partial charge in [0.2, 0.25) is 5.43 Å². The quantitative estimate of drug-likeness (QED) is 0.688. The van der Waals surface area contributed by atoms with Crippen LogP contribution >= 0.6 is 0 Å². The highest BCUT2D eigenvalue weighted by Gasteiger charge is 2.51. The first kappa shape index (κ1) is 22.5. The van der Waals surface area contributed by atoms with E-state index in [1.165, 1.54) is 4.57 Å². The van der Waals surface area contributed by atoms with Crippen LogP contribution in [0.5, 0.6) is 5.75 Å². The van der Waals surface area contributed by atoms with Gasteiger partial charge in [-0.05, 0) is 31.9 Å². The lowest BCUT2D eigenvalue weighted by Gasteiger charge is -2.54. The molecule has 34 heavy (non-hydrogen) atoms. The van der Waals surface area contributed by atoms with Gasteiger partial charge in [0.1, 0.15) is 17.2 Å². The van der Waals surface area contributed by atoms with E-state index in [1.807, 2.05) is 6.92 Å². The first-order valence-corrected chi connectivity index (χ1v) is 11.0. The zero-order valence-corrected chi connectivity index (χ0v) is 18.3. The minimum absolute atomic E-state index is 0.0943. The van der Waals surface area contributed by atoms with E-state index in [4.69, 9.17) is 9.47 Å². The largest absolute Gasteiger partial charge is 0.503 e. The van der Waals surface area contributed by atoms with E-state index in [-0.39, 0.29) is 29.4 Å². The highest BCUT2D eigenvalue weighted by molar-refractivity contribution is 6.05. The maximum absolute atomic E-state index is 13.9. The van der Waals surface area contributed by atoms with Crippen LogP contribution in [0.15, 0.2) is 29.2 Å². The summed E-state index contributed by atoms with van der Waals surface area (Å²) >= 11 is 0. The molecule has 9 nitrogen and oxygen atoms in total. The van der Waals surface area contributed by atoms with Crippen LogP contribution in [0, 0.1) is 17.0 Å². The van der Waals surface area contributed by atoms with Crippen LogP contribution in [-0.4, -0.2) is 58.5 Å². The minimum Gasteiger partial charge on any atom is -0.503 e. The molecule has 2 N–H and O–H groups in total. The van der Waals surface area contributed by atoms with Gasteiger partial charge in [0.15, 0.2) is 17.7 Å². The van der Waals surface area contributed by atoms with Crippen LogP contribution in [0.4, 0.5) is 14.5 Å². The lowest BCUT2D eigenvalue weighted by atomic mass is 9.73. The topological polar surface area (TPSA) is 110 Å². The Morgan fingerprint density at radius 3 is 2.68 bits per heavy atom. The maximum Gasteiger partial charge on any atom is 0.276 e. The van der Waals surface area contributed by atoms with Crippen LogP contribution in [0.3, 0.4) is 0 Å². The summed E-state index contributed by atoms with van der Waals surface area (Å²) in [6, 6.07) is 2.35. The molecule has 2 saturated heterocycles. The first-order valence-electron chi connectivity index (χ1n) is 11.0. The van der Waals surface area contributed by atoms with Crippen molar-refractivity contribution in [2.24, 2.45) is 5.41 Å². The number of carbonyl (C=O) groups excluding carboxylic acids is 2. The number of halogens is 2. The zero-order valence-electron chi connectivity index (χ0n) is 18.3. The third kappa shape index (κ3) is 3.46. The molecule has 4 heterocycles.